The van der Waals surface area contributed by atoms with Crippen LogP contribution in [0.15, 0.2) is 29.8 Å². The monoisotopic (exact) mass is 432 g/mol. The Labute approximate surface area is 181 Å². The minimum atomic E-state index is -0.930. The molecule has 1 heterocycles. The van der Waals surface area contributed by atoms with Gasteiger partial charge in [0.15, 0.2) is 22.7 Å². The number of nitrogens with zero attached hydrogens (tertiary/aromatic N) is 2. The Kier molecular flexibility index (Phi) is 7.68. The van der Waals surface area contributed by atoms with E-state index in [0.717, 1.165) is 25.7 Å². The Bertz CT molecular complexity index is 849. The highest BCUT2D eigenvalue weighted by molar-refractivity contribution is 7.13. The van der Waals surface area contributed by atoms with Crippen LogP contribution in [-0.4, -0.2) is 42.7 Å². The highest BCUT2D eigenvalue weighted by Crippen LogP contribution is 2.31. The zero-order valence-corrected chi connectivity index (χ0v) is 18.4. The van der Waals surface area contributed by atoms with Crippen LogP contribution in [-0.2, 0) is 9.53 Å². The number of carbonyl (C=O) groups is 2. The van der Waals surface area contributed by atoms with E-state index >= 15 is 0 Å². The van der Waals surface area contributed by atoms with E-state index in [4.69, 9.17) is 14.2 Å². The van der Waals surface area contributed by atoms with Gasteiger partial charge in [-0.2, -0.15) is 0 Å². The van der Waals surface area contributed by atoms with Crippen molar-refractivity contribution in [2.24, 2.45) is 0 Å². The summed E-state index contributed by atoms with van der Waals surface area (Å²) in [5.74, 6) is 0.160. The minimum Gasteiger partial charge on any atom is -0.493 e. The summed E-state index contributed by atoms with van der Waals surface area (Å²) in [5, 5.41) is 2.50. The largest absolute Gasteiger partial charge is 0.493 e. The molecule has 0 bridgehead atoms. The van der Waals surface area contributed by atoms with E-state index in [-0.39, 0.29) is 11.9 Å². The van der Waals surface area contributed by atoms with E-state index < -0.39 is 12.1 Å². The van der Waals surface area contributed by atoms with Crippen LogP contribution in [0.25, 0.3) is 0 Å². The van der Waals surface area contributed by atoms with Crippen molar-refractivity contribution in [1.82, 2.24) is 4.98 Å². The molecule has 1 aromatic carbocycles. The number of methoxy groups -OCH3 is 1. The summed E-state index contributed by atoms with van der Waals surface area (Å²) < 4.78 is 16.3. The van der Waals surface area contributed by atoms with Crippen LogP contribution in [0.3, 0.4) is 0 Å². The van der Waals surface area contributed by atoms with Gasteiger partial charge < -0.3 is 14.2 Å². The van der Waals surface area contributed by atoms with Crippen LogP contribution >= 0.6 is 11.3 Å². The van der Waals surface area contributed by atoms with Crippen molar-refractivity contribution in [3.05, 3.63) is 35.3 Å². The lowest BCUT2D eigenvalue weighted by Crippen LogP contribution is -2.47. The molecule has 162 valence electrons. The van der Waals surface area contributed by atoms with Gasteiger partial charge in [-0.1, -0.05) is 19.3 Å². The third-order valence-electron chi connectivity index (χ3n) is 5.13. The van der Waals surface area contributed by atoms with Gasteiger partial charge in [0, 0.05) is 17.6 Å². The van der Waals surface area contributed by atoms with Gasteiger partial charge in [0.05, 0.1) is 19.3 Å². The van der Waals surface area contributed by atoms with Gasteiger partial charge in [-0.3, -0.25) is 9.69 Å². The molecule has 1 fully saturated rings. The highest BCUT2D eigenvalue weighted by atomic mass is 32.1. The van der Waals surface area contributed by atoms with E-state index in [9.17, 15) is 9.59 Å². The second-order valence-electron chi connectivity index (χ2n) is 7.16. The molecule has 1 unspecified atom stereocenters. The molecular weight excluding hydrogens is 404 g/mol. The summed E-state index contributed by atoms with van der Waals surface area (Å²) >= 11 is 1.42. The maximum absolute atomic E-state index is 13.2. The van der Waals surface area contributed by atoms with E-state index in [1.165, 1.54) is 24.9 Å². The van der Waals surface area contributed by atoms with Crippen molar-refractivity contribution in [2.75, 3.05) is 18.6 Å². The number of aromatic nitrogens is 1. The Morgan fingerprint density at radius 2 is 2.00 bits per heavy atom. The van der Waals surface area contributed by atoms with Gasteiger partial charge in [0.1, 0.15) is 0 Å². The van der Waals surface area contributed by atoms with E-state index in [0.29, 0.717) is 28.8 Å². The molecule has 1 aromatic heterocycles. The van der Waals surface area contributed by atoms with Gasteiger partial charge >= 0.3 is 5.97 Å². The molecule has 0 N–H and O–H groups in total. The van der Waals surface area contributed by atoms with Crippen LogP contribution < -0.4 is 14.4 Å². The van der Waals surface area contributed by atoms with Crippen LogP contribution in [0.5, 0.6) is 11.5 Å². The number of ether oxygens (including phenoxy) is 3. The third kappa shape index (κ3) is 5.11. The fraction of sp³-hybridized carbons (Fsp3) is 0.500. The summed E-state index contributed by atoms with van der Waals surface area (Å²) in [6, 6.07) is 4.91. The Balaban J connectivity index is 1.73. The van der Waals surface area contributed by atoms with Gasteiger partial charge in [0.2, 0.25) is 0 Å². The molecule has 2 aromatic rings. The number of carbonyl (C=O) groups excluding carboxylic acids is 2. The van der Waals surface area contributed by atoms with Crippen molar-refractivity contribution >= 4 is 28.3 Å². The maximum Gasteiger partial charge on any atom is 0.339 e. The van der Waals surface area contributed by atoms with Crippen LogP contribution in [0.4, 0.5) is 5.13 Å². The molecule has 0 spiro atoms. The number of thiazole rings is 1. The Morgan fingerprint density at radius 1 is 1.23 bits per heavy atom. The van der Waals surface area contributed by atoms with Gasteiger partial charge in [-0.15, -0.1) is 11.3 Å². The SMILES string of the molecule is CCOc1ccc(C(=O)OC(C)C(=O)N(c2nccs2)C2CCCCC2)cc1OC. The average molecular weight is 433 g/mol. The molecule has 1 saturated carbocycles. The average Bonchev–Trinajstić information content (AvgIpc) is 3.29. The first kappa shape index (κ1) is 22.1. The van der Waals surface area contributed by atoms with Crippen LogP contribution in [0.1, 0.15) is 56.3 Å². The molecule has 1 atom stereocenters. The Morgan fingerprint density at radius 3 is 2.63 bits per heavy atom. The molecule has 1 amide bonds. The first-order valence-electron chi connectivity index (χ1n) is 10.3. The fourth-order valence-corrected chi connectivity index (χ4v) is 4.37. The number of amides is 1. The molecule has 1 aliphatic rings. The molecule has 0 radical (unpaired) electrons. The van der Waals surface area contributed by atoms with Gasteiger partial charge in [-0.05, 0) is 44.9 Å². The zero-order chi connectivity index (χ0) is 21.5. The minimum absolute atomic E-state index is 0.0872. The number of hydrogen-bond acceptors (Lipinski definition) is 7. The molecule has 7 nitrogen and oxygen atoms in total. The summed E-state index contributed by atoms with van der Waals surface area (Å²) in [4.78, 5) is 32.0. The second-order valence-corrected chi connectivity index (χ2v) is 8.03. The molecule has 0 saturated heterocycles. The number of esters is 1. The number of anilines is 1. The summed E-state index contributed by atoms with van der Waals surface area (Å²) in [7, 11) is 1.51. The predicted molar refractivity (Wildman–Crippen MR) is 116 cm³/mol. The fourth-order valence-electron chi connectivity index (χ4n) is 3.65. The number of benzene rings is 1. The van der Waals surface area contributed by atoms with Crippen molar-refractivity contribution in [3.8, 4) is 11.5 Å². The predicted octanol–water partition coefficient (Wildman–Crippen LogP) is 4.46. The van der Waals surface area contributed by atoms with E-state index in [1.54, 1.807) is 36.2 Å². The molecule has 1 aliphatic carbocycles. The van der Waals surface area contributed by atoms with E-state index in [2.05, 4.69) is 4.98 Å². The standard InChI is InChI=1S/C22H28N2O5S/c1-4-28-18-11-10-16(14-19(18)27-3)21(26)29-15(2)20(25)24(22-23-12-13-30-22)17-8-6-5-7-9-17/h10-15,17H,4-9H2,1-3H3. The second kappa shape index (κ2) is 10.4. The van der Waals surface area contributed by atoms with Crippen LogP contribution in [0.2, 0.25) is 0 Å². The molecule has 8 heteroatoms. The lowest BCUT2D eigenvalue weighted by atomic mass is 9.94. The molecule has 3 rings (SSSR count). The van der Waals surface area contributed by atoms with Crippen molar-refractivity contribution in [1.29, 1.82) is 0 Å². The number of hydrogen-bond donors (Lipinski definition) is 0. The summed E-state index contributed by atoms with van der Waals surface area (Å²) in [6.45, 7) is 3.96. The van der Waals surface area contributed by atoms with Crippen molar-refractivity contribution in [2.45, 2.75) is 58.1 Å². The topological polar surface area (TPSA) is 78.0 Å². The summed E-state index contributed by atoms with van der Waals surface area (Å²) in [5.41, 5.74) is 0.299. The van der Waals surface area contributed by atoms with Crippen LogP contribution in [0, 0.1) is 0 Å². The van der Waals surface area contributed by atoms with Gasteiger partial charge in [-0.25, -0.2) is 9.78 Å². The lowest BCUT2D eigenvalue weighted by Gasteiger charge is -2.33. The van der Waals surface area contributed by atoms with Crippen molar-refractivity contribution < 1.29 is 23.8 Å². The third-order valence-corrected chi connectivity index (χ3v) is 5.90. The first-order valence-corrected chi connectivity index (χ1v) is 11.2. The van der Waals surface area contributed by atoms with Crippen molar-refractivity contribution in [3.63, 3.8) is 0 Å². The number of rotatable bonds is 8. The van der Waals surface area contributed by atoms with E-state index in [1.807, 2.05) is 12.3 Å². The molecular formula is C22H28N2O5S. The molecule has 0 aliphatic heterocycles. The lowest BCUT2D eigenvalue weighted by molar-refractivity contribution is -0.127. The summed E-state index contributed by atoms with van der Waals surface area (Å²) in [6.07, 6.45) is 5.97. The Hall–Kier alpha value is -2.61. The van der Waals surface area contributed by atoms with Gasteiger partial charge in [0.25, 0.3) is 5.91 Å². The molecule has 30 heavy (non-hydrogen) atoms. The quantitative estimate of drug-likeness (QED) is 0.573. The smallest absolute Gasteiger partial charge is 0.339 e. The maximum atomic E-state index is 13.2. The normalized spacial score (nSPS) is 15.3. The zero-order valence-electron chi connectivity index (χ0n) is 17.6. The first-order chi connectivity index (χ1) is 14.5. The highest BCUT2D eigenvalue weighted by Gasteiger charge is 2.33.